The highest BCUT2D eigenvalue weighted by atomic mass is 32.1. The van der Waals surface area contributed by atoms with Crippen molar-refractivity contribution in [3.05, 3.63) is 70.9 Å². The summed E-state index contributed by atoms with van der Waals surface area (Å²) < 4.78 is 12.1. The van der Waals surface area contributed by atoms with E-state index in [0.717, 1.165) is 22.4 Å². The maximum Gasteiger partial charge on any atom is 0.254 e. The number of nitrogens with zero attached hydrogens (tertiary/aromatic N) is 2. The van der Waals surface area contributed by atoms with Crippen molar-refractivity contribution >= 4 is 41.0 Å². The summed E-state index contributed by atoms with van der Waals surface area (Å²) in [6, 6.07) is 11.1. The number of anilines is 1. The smallest absolute Gasteiger partial charge is 0.254 e. The summed E-state index contributed by atoms with van der Waals surface area (Å²) in [6.45, 7) is 4.09. The van der Waals surface area contributed by atoms with Crippen LogP contribution >= 0.6 is 12.2 Å². The number of fused-ring (bicyclic) bond motifs is 1. The van der Waals surface area contributed by atoms with Gasteiger partial charge in [-0.15, -0.1) is 0 Å². The molecule has 4 rings (SSSR count). The second kappa shape index (κ2) is 9.13. The van der Waals surface area contributed by atoms with E-state index in [2.05, 4.69) is 15.7 Å². The van der Waals surface area contributed by atoms with Crippen molar-refractivity contribution in [1.29, 1.82) is 0 Å². The summed E-state index contributed by atoms with van der Waals surface area (Å²) in [5, 5.41) is 9.70. The lowest BCUT2D eigenvalue weighted by Crippen LogP contribution is -2.34. The number of nitrogens with two attached hydrogens (primary N) is 1. The van der Waals surface area contributed by atoms with Gasteiger partial charge in [-0.25, -0.2) is 4.68 Å². The minimum Gasteiger partial charge on any atom is -0.454 e. The molecule has 9 nitrogen and oxygen atoms in total. The zero-order chi connectivity index (χ0) is 23.5. The molecular weight excluding hydrogens is 442 g/mol. The topological polar surface area (TPSA) is 120 Å². The van der Waals surface area contributed by atoms with Gasteiger partial charge in [0.1, 0.15) is 11.4 Å². The van der Waals surface area contributed by atoms with Crippen molar-refractivity contribution in [3.8, 4) is 17.2 Å². The Balaban J connectivity index is 1.49. The maximum absolute atomic E-state index is 12.4. The molecule has 4 N–H and O–H groups in total. The average molecular weight is 464 g/mol. The number of aryl methyl sites for hydroxylation is 2. The van der Waals surface area contributed by atoms with Crippen molar-refractivity contribution in [3.63, 3.8) is 0 Å². The third-order valence-electron chi connectivity index (χ3n) is 4.91. The molecule has 0 unspecified atom stereocenters. The maximum atomic E-state index is 12.4. The normalized spacial score (nSPS) is 12.1. The van der Waals surface area contributed by atoms with Gasteiger partial charge in [-0.1, -0.05) is 23.8 Å². The summed E-state index contributed by atoms with van der Waals surface area (Å²) >= 11 is 5.28. The van der Waals surface area contributed by atoms with Crippen LogP contribution in [0.4, 0.5) is 5.82 Å². The van der Waals surface area contributed by atoms with E-state index in [1.165, 1.54) is 17.0 Å². The number of primary amides is 1. The van der Waals surface area contributed by atoms with Gasteiger partial charge in [0.05, 0.1) is 11.9 Å². The summed E-state index contributed by atoms with van der Waals surface area (Å²) in [6.07, 6.45) is 4.31. The zero-order valence-corrected chi connectivity index (χ0v) is 18.7. The number of hydrogen-bond donors (Lipinski definition) is 3. The van der Waals surface area contributed by atoms with Gasteiger partial charge in [0.25, 0.3) is 5.91 Å². The van der Waals surface area contributed by atoms with Crippen LogP contribution in [0, 0.1) is 13.8 Å². The molecule has 2 heterocycles. The minimum atomic E-state index is -0.676. The Labute approximate surface area is 195 Å². The number of hydrogen-bond acceptors (Lipinski definition) is 6. The van der Waals surface area contributed by atoms with Crippen LogP contribution in [0.3, 0.4) is 0 Å². The largest absolute Gasteiger partial charge is 0.454 e. The average Bonchev–Trinajstić information content (AvgIpc) is 3.39. The summed E-state index contributed by atoms with van der Waals surface area (Å²) in [4.78, 5) is 24.3. The van der Waals surface area contributed by atoms with Crippen LogP contribution in [0.15, 0.2) is 48.7 Å². The van der Waals surface area contributed by atoms with E-state index in [-0.39, 0.29) is 23.3 Å². The summed E-state index contributed by atoms with van der Waals surface area (Å²) in [5.41, 5.74) is 9.18. The predicted molar refractivity (Wildman–Crippen MR) is 128 cm³/mol. The third kappa shape index (κ3) is 4.85. The first-order valence-corrected chi connectivity index (χ1v) is 10.4. The van der Waals surface area contributed by atoms with Crippen LogP contribution in [-0.4, -0.2) is 33.5 Å². The van der Waals surface area contributed by atoms with E-state index in [4.69, 9.17) is 27.4 Å². The molecule has 0 saturated heterocycles. The highest BCUT2D eigenvalue weighted by Gasteiger charge is 2.19. The standard InChI is InChI=1S/C23H21N5O4S/c1-13-3-6-17(14(2)9-13)28-22(16(11-25-28)21(24)30)27-23(33)26-20(29)8-5-15-4-7-18-19(10-15)32-12-31-18/h3-11H,12H2,1-2H3,(H2,24,30)(H2,26,27,29,33)/b8-5+. The van der Waals surface area contributed by atoms with Crippen LogP contribution in [0.25, 0.3) is 11.8 Å². The number of carbonyl (C=O) groups is 2. The van der Waals surface area contributed by atoms with E-state index >= 15 is 0 Å². The zero-order valence-electron chi connectivity index (χ0n) is 17.9. The lowest BCUT2D eigenvalue weighted by atomic mass is 10.1. The monoisotopic (exact) mass is 463 g/mol. The first kappa shape index (κ1) is 22.0. The Kier molecular flexibility index (Phi) is 6.09. The van der Waals surface area contributed by atoms with E-state index in [1.54, 1.807) is 24.3 Å². The first-order chi connectivity index (χ1) is 15.8. The second-order valence-electron chi connectivity index (χ2n) is 7.36. The van der Waals surface area contributed by atoms with Gasteiger partial charge in [-0.05, 0) is 61.5 Å². The van der Waals surface area contributed by atoms with Crippen LogP contribution in [-0.2, 0) is 4.79 Å². The molecule has 2 amide bonds. The Morgan fingerprint density at radius 1 is 1.15 bits per heavy atom. The number of ether oxygens (including phenoxy) is 2. The van der Waals surface area contributed by atoms with Crippen LogP contribution < -0.4 is 25.8 Å². The fourth-order valence-electron chi connectivity index (χ4n) is 3.36. The summed E-state index contributed by atoms with van der Waals surface area (Å²) in [7, 11) is 0. The fraction of sp³-hybridized carbons (Fsp3) is 0.130. The number of amides is 2. The van der Waals surface area contributed by atoms with Gasteiger partial charge in [0, 0.05) is 6.08 Å². The van der Waals surface area contributed by atoms with Gasteiger partial charge in [0.15, 0.2) is 16.6 Å². The molecule has 2 aromatic carbocycles. The van der Waals surface area contributed by atoms with E-state index < -0.39 is 11.8 Å². The molecule has 3 aromatic rings. The molecule has 1 aliphatic heterocycles. The van der Waals surface area contributed by atoms with E-state index in [1.807, 2.05) is 32.0 Å². The Bertz CT molecular complexity index is 1300. The quantitative estimate of drug-likeness (QED) is 0.393. The van der Waals surface area contributed by atoms with Gasteiger partial charge in [0.2, 0.25) is 12.7 Å². The van der Waals surface area contributed by atoms with Crippen LogP contribution in [0.2, 0.25) is 0 Å². The Hall–Kier alpha value is -4.18. The number of rotatable bonds is 5. The highest BCUT2D eigenvalue weighted by molar-refractivity contribution is 7.80. The molecule has 0 saturated carbocycles. The molecule has 0 radical (unpaired) electrons. The molecular formula is C23H21N5O4S. The molecule has 0 spiro atoms. The van der Waals surface area contributed by atoms with Gasteiger partial charge >= 0.3 is 0 Å². The van der Waals surface area contributed by atoms with Crippen molar-refractivity contribution in [1.82, 2.24) is 15.1 Å². The number of nitrogens with one attached hydrogen (secondary N) is 2. The minimum absolute atomic E-state index is 0.00986. The van der Waals surface area contributed by atoms with E-state index in [9.17, 15) is 9.59 Å². The van der Waals surface area contributed by atoms with Gasteiger partial charge in [-0.3, -0.25) is 14.9 Å². The number of carbonyl (C=O) groups excluding carboxylic acids is 2. The molecule has 1 aromatic heterocycles. The number of benzene rings is 2. The molecule has 0 bridgehead atoms. The van der Waals surface area contributed by atoms with Gasteiger partial charge < -0.3 is 20.5 Å². The lowest BCUT2D eigenvalue weighted by Gasteiger charge is -2.14. The highest BCUT2D eigenvalue weighted by Crippen LogP contribution is 2.32. The predicted octanol–water partition coefficient (Wildman–Crippen LogP) is 2.84. The number of aromatic nitrogens is 2. The fourth-order valence-corrected chi connectivity index (χ4v) is 3.55. The summed E-state index contributed by atoms with van der Waals surface area (Å²) in [5.74, 6) is 0.411. The molecule has 10 heteroatoms. The van der Waals surface area contributed by atoms with Crippen molar-refractivity contribution in [2.45, 2.75) is 13.8 Å². The molecule has 33 heavy (non-hydrogen) atoms. The van der Waals surface area contributed by atoms with Crippen LogP contribution in [0.1, 0.15) is 27.0 Å². The second-order valence-corrected chi connectivity index (χ2v) is 7.77. The molecule has 0 aliphatic carbocycles. The molecule has 0 fully saturated rings. The SMILES string of the molecule is Cc1ccc(-n2ncc(C(N)=O)c2NC(=S)NC(=O)/C=C/c2ccc3c(c2)OCO3)c(C)c1. The Morgan fingerprint density at radius 3 is 2.70 bits per heavy atom. The first-order valence-electron chi connectivity index (χ1n) is 9.97. The number of thiocarbonyl (C=S) groups is 1. The lowest BCUT2D eigenvalue weighted by molar-refractivity contribution is -0.115. The Morgan fingerprint density at radius 2 is 1.94 bits per heavy atom. The molecule has 0 atom stereocenters. The van der Waals surface area contributed by atoms with E-state index in [0.29, 0.717) is 11.5 Å². The molecule has 168 valence electrons. The van der Waals surface area contributed by atoms with Crippen molar-refractivity contribution in [2.24, 2.45) is 5.73 Å². The van der Waals surface area contributed by atoms with Crippen LogP contribution in [0.5, 0.6) is 11.5 Å². The van der Waals surface area contributed by atoms with Gasteiger partial charge in [-0.2, -0.15) is 5.10 Å². The van der Waals surface area contributed by atoms with Crippen molar-refractivity contribution in [2.75, 3.05) is 12.1 Å². The molecule has 1 aliphatic rings. The van der Waals surface area contributed by atoms with Crippen molar-refractivity contribution < 1.29 is 19.1 Å². The third-order valence-corrected chi connectivity index (χ3v) is 5.11.